The van der Waals surface area contributed by atoms with Crippen LogP contribution in [-0.2, 0) is 18.1 Å². The molecule has 1 N–H and O–H groups in total. The molecule has 7 nitrogen and oxygen atoms in total. The van der Waals surface area contributed by atoms with E-state index >= 15 is 0 Å². The highest BCUT2D eigenvalue weighted by Crippen LogP contribution is 2.56. The molecule has 202 valence electrons. The SMILES string of the molecule is CCOP(=O)(OCC)OC(c1ccccc1-c1ccc(Cl)cc1)C1CCN(c2ccc(C(=O)O)cc2)CC1. The lowest BCUT2D eigenvalue weighted by Crippen LogP contribution is -2.36. The molecule has 0 bridgehead atoms. The Bertz CT molecular complexity index is 1250. The first-order chi connectivity index (χ1) is 18.3. The first-order valence-corrected chi connectivity index (χ1v) is 14.7. The molecule has 1 aliphatic rings. The number of carbonyl (C=O) groups is 1. The zero-order chi connectivity index (χ0) is 27.1. The van der Waals surface area contributed by atoms with Crippen LogP contribution < -0.4 is 4.90 Å². The molecule has 0 radical (unpaired) electrons. The van der Waals surface area contributed by atoms with E-state index in [1.165, 1.54) is 0 Å². The molecular weight excluding hydrogens is 525 g/mol. The zero-order valence-corrected chi connectivity index (χ0v) is 23.2. The number of rotatable bonds is 11. The summed E-state index contributed by atoms with van der Waals surface area (Å²) in [5.41, 5.74) is 4.11. The van der Waals surface area contributed by atoms with Gasteiger partial charge in [0.25, 0.3) is 0 Å². The summed E-state index contributed by atoms with van der Waals surface area (Å²) < 4.78 is 30.9. The van der Waals surface area contributed by atoms with Crippen LogP contribution in [0, 0.1) is 5.92 Å². The van der Waals surface area contributed by atoms with Gasteiger partial charge in [-0.05, 0) is 85.7 Å². The van der Waals surface area contributed by atoms with Gasteiger partial charge in [0.15, 0.2) is 0 Å². The molecule has 38 heavy (non-hydrogen) atoms. The highest BCUT2D eigenvalue weighted by molar-refractivity contribution is 7.48. The second-order valence-electron chi connectivity index (χ2n) is 9.08. The maximum atomic E-state index is 13.6. The topological polar surface area (TPSA) is 85.3 Å². The van der Waals surface area contributed by atoms with Crippen molar-refractivity contribution < 1.29 is 28.0 Å². The molecular formula is C29H33ClNO6P. The molecule has 3 aromatic carbocycles. The standard InChI is InChI=1S/C29H33ClNO6P/c1-3-35-38(34,36-4-2)37-28(27-8-6-5-7-26(27)21-9-13-24(30)14-10-21)22-17-19-31(20-18-22)25-15-11-23(12-16-25)29(32)33/h5-16,22,28H,3-4,17-20H2,1-2H3,(H,32,33). The van der Waals surface area contributed by atoms with Crippen molar-refractivity contribution in [3.05, 3.63) is 88.9 Å². The predicted octanol–water partition coefficient (Wildman–Crippen LogP) is 7.86. The number of hydrogen-bond donors (Lipinski definition) is 1. The van der Waals surface area contributed by atoms with Crippen molar-refractivity contribution in [2.75, 3.05) is 31.2 Å². The number of benzene rings is 3. The lowest BCUT2D eigenvalue weighted by molar-refractivity contribution is 0.0471. The van der Waals surface area contributed by atoms with Crippen molar-refractivity contribution in [2.45, 2.75) is 32.8 Å². The summed E-state index contributed by atoms with van der Waals surface area (Å²) in [7, 11) is -3.81. The van der Waals surface area contributed by atoms with Crippen LogP contribution in [0.25, 0.3) is 11.1 Å². The van der Waals surface area contributed by atoms with Crippen LogP contribution in [0.3, 0.4) is 0 Å². The number of carboxylic acid groups (broad SMARTS) is 1. The second kappa shape index (κ2) is 12.9. The van der Waals surface area contributed by atoms with Crippen LogP contribution in [0.2, 0.25) is 5.02 Å². The van der Waals surface area contributed by atoms with E-state index in [1.807, 2.05) is 60.7 Å². The highest BCUT2D eigenvalue weighted by Gasteiger charge is 2.37. The van der Waals surface area contributed by atoms with Crippen molar-refractivity contribution in [1.82, 2.24) is 0 Å². The van der Waals surface area contributed by atoms with Gasteiger partial charge in [-0.25, -0.2) is 9.36 Å². The number of piperidine rings is 1. The average Bonchev–Trinajstić information content (AvgIpc) is 2.93. The lowest BCUT2D eigenvalue weighted by atomic mass is 9.84. The van der Waals surface area contributed by atoms with Crippen molar-refractivity contribution in [1.29, 1.82) is 0 Å². The fraction of sp³-hybridized carbons (Fsp3) is 0.345. The van der Waals surface area contributed by atoms with Gasteiger partial charge in [-0.15, -0.1) is 0 Å². The van der Waals surface area contributed by atoms with E-state index in [4.69, 9.17) is 25.2 Å². The van der Waals surface area contributed by atoms with E-state index in [1.54, 1.807) is 26.0 Å². The largest absolute Gasteiger partial charge is 0.478 e. The molecule has 1 atom stereocenters. The summed E-state index contributed by atoms with van der Waals surface area (Å²) in [6, 6.07) is 22.5. The summed E-state index contributed by atoms with van der Waals surface area (Å²) in [6.45, 7) is 5.42. The van der Waals surface area contributed by atoms with Crippen molar-refractivity contribution in [3.63, 3.8) is 0 Å². The number of halogens is 1. The van der Waals surface area contributed by atoms with Gasteiger partial charge >= 0.3 is 13.8 Å². The van der Waals surface area contributed by atoms with Crippen LogP contribution in [0.5, 0.6) is 0 Å². The fourth-order valence-electron chi connectivity index (χ4n) is 4.86. The Labute approximate surface area is 228 Å². The monoisotopic (exact) mass is 557 g/mol. The number of phosphoric acid groups is 1. The number of anilines is 1. The van der Waals surface area contributed by atoms with Crippen LogP contribution in [0.4, 0.5) is 5.69 Å². The van der Waals surface area contributed by atoms with Crippen LogP contribution in [0.1, 0.15) is 48.7 Å². The van der Waals surface area contributed by atoms with E-state index < -0.39 is 19.9 Å². The minimum atomic E-state index is -3.81. The molecule has 1 fully saturated rings. The maximum Gasteiger partial charge on any atom is 0.475 e. The minimum absolute atomic E-state index is 0.0484. The average molecular weight is 558 g/mol. The maximum absolute atomic E-state index is 13.6. The number of hydrogen-bond acceptors (Lipinski definition) is 6. The summed E-state index contributed by atoms with van der Waals surface area (Å²) in [6.07, 6.45) is 1.03. The van der Waals surface area contributed by atoms with Gasteiger partial charge < -0.3 is 10.0 Å². The third-order valence-electron chi connectivity index (χ3n) is 6.69. The molecule has 1 saturated heterocycles. The molecule has 3 aromatic rings. The molecule has 1 unspecified atom stereocenters. The highest BCUT2D eigenvalue weighted by atomic mass is 35.5. The Morgan fingerprint density at radius 2 is 1.58 bits per heavy atom. The molecule has 0 amide bonds. The summed E-state index contributed by atoms with van der Waals surface area (Å²) >= 11 is 6.14. The smallest absolute Gasteiger partial charge is 0.475 e. The summed E-state index contributed by atoms with van der Waals surface area (Å²) in [5, 5.41) is 9.85. The molecule has 0 saturated carbocycles. The Morgan fingerprint density at radius 3 is 2.16 bits per heavy atom. The Balaban J connectivity index is 1.63. The fourth-order valence-corrected chi connectivity index (χ4v) is 6.38. The molecule has 4 rings (SSSR count). The number of carboxylic acids is 1. The summed E-state index contributed by atoms with van der Waals surface area (Å²) in [4.78, 5) is 13.4. The van der Waals surface area contributed by atoms with Crippen LogP contribution >= 0.6 is 19.4 Å². The van der Waals surface area contributed by atoms with E-state index in [0.29, 0.717) is 5.02 Å². The Kier molecular flexibility index (Phi) is 9.64. The molecule has 0 spiro atoms. The predicted molar refractivity (Wildman–Crippen MR) is 150 cm³/mol. The molecule has 0 aliphatic carbocycles. The third-order valence-corrected chi connectivity index (χ3v) is 8.57. The molecule has 1 heterocycles. The molecule has 1 aliphatic heterocycles. The third kappa shape index (κ3) is 6.85. The van der Waals surface area contributed by atoms with E-state index in [2.05, 4.69) is 4.90 Å². The number of nitrogens with zero attached hydrogens (tertiary/aromatic N) is 1. The van der Waals surface area contributed by atoms with Gasteiger partial charge in [-0.2, -0.15) is 0 Å². The molecule has 9 heteroatoms. The Morgan fingerprint density at radius 1 is 0.974 bits per heavy atom. The summed E-state index contributed by atoms with van der Waals surface area (Å²) in [5.74, 6) is -0.894. The van der Waals surface area contributed by atoms with E-state index in [0.717, 1.165) is 48.3 Å². The minimum Gasteiger partial charge on any atom is -0.478 e. The number of phosphoric ester groups is 1. The second-order valence-corrected chi connectivity index (χ2v) is 11.1. The first kappa shape index (κ1) is 28.3. The van der Waals surface area contributed by atoms with Crippen molar-refractivity contribution in [2.24, 2.45) is 5.92 Å². The molecule has 0 aromatic heterocycles. The van der Waals surface area contributed by atoms with Gasteiger partial charge in [0.05, 0.1) is 24.9 Å². The van der Waals surface area contributed by atoms with Crippen molar-refractivity contribution >= 4 is 31.1 Å². The van der Waals surface area contributed by atoms with E-state index in [-0.39, 0.29) is 24.7 Å². The Hall–Kier alpha value is -2.67. The van der Waals surface area contributed by atoms with Crippen LogP contribution in [0.15, 0.2) is 72.8 Å². The van der Waals surface area contributed by atoms with Crippen molar-refractivity contribution in [3.8, 4) is 11.1 Å². The number of aromatic carboxylic acids is 1. The van der Waals surface area contributed by atoms with Gasteiger partial charge in [0, 0.05) is 23.8 Å². The van der Waals surface area contributed by atoms with Gasteiger partial charge in [0.1, 0.15) is 0 Å². The normalized spacial score (nSPS) is 15.4. The first-order valence-electron chi connectivity index (χ1n) is 12.8. The van der Waals surface area contributed by atoms with E-state index in [9.17, 15) is 14.5 Å². The zero-order valence-electron chi connectivity index (χ0n) is 21.6. The quantitative estimate of drug-likeness (QED) is 0.240. The van der Waals surface area contributed by atoms with Crippen LogP contribution in [-0.4, -0.2) is 37.4 Å². The van der Waals surface area contributed by atoms with Gasteiger partial charge in [-0.3, -0.25) is 13.6 Å². The van der Waals surface area contributed by atoms with Gasteiger partial charge in [0.2, 0.25) is 0 Å². The van der Waals surface area contributed by atoms with Gasteiger partial charge in [-0.1, -0.05) is 48.0 Å². The lowest BCUT2D eigenvalue weighted by Gasteiger charge is -2.38.